The van der Waals surface area contributed by atoms with Gasteiger partial charge in [0.05, 0.1) is 11.5 Å². The first-order valence-corrected chi connectivity index (χ1v) is 17.5. The van der Waals surface area contributed by atoms with Crippen molar-refractivity contribution in [2.75, 3.05) is 6.61 Å². The molecule has 0 aromatic rings. The van der Waals surface area contributed by atoms with Crippen LogP contribution in [0, 0.1) is 35.0 Å². The van der Waals surface area contributed by atoms with Crippen molar-refractivity contribution >= 4 is 23.7 Å². The molecule has 0 radical (unpaired) electrons. The Morgan fingerprint density at radius 1 is 1.02 bits per heavy atom. The van der Waals surface area contributed by atoms with Crippen molar-refractivity contribution in [3.05, 3.63) is 23.3 Å². The highest BCUT2D eigenvalue weighted by Crippen LogP contribution is 2.77. The molecule has 9 nitrogen and oxygen atoms in total. The van der Waals surface area contributed by atoms with Crippen molar-refractivity contribution in [3.8, 4) is 0 Å². The Hall–Kier alpha value is -2.52. The number of aliphatic hydroxyl groups is 2. The summed E-state index contributed by atoms with van der Waals surface area (Å²) >= 11 is 0. The predicted molar refractivity (Wildman–Crippen MR) is 172 cm³/mol. The number of carbonyl (C=O) groups is 4. The third kappa shape index (κ3) is 5.99. The van der Waals surface area contributed by atoms with Crippen LogP contribution < -0.4 is 0 Å². The fourth-order valence-electron chi connectivity index (χ4n) is 8.87. The van der Waals surface area contributed by atoms with Crippen LogP contribution in [0.5, 0.6) is 0 Å². The highest BCUT2D eigenvalue weighted by molar-refractivity contribution is 6.04. The molecule has 2 fully saturated rings. The van der Waals surface area contributed by atoms with Crippen LogP contribution in [0.15, 0.2) is 23.3 Å². The van der Waals surface area contributed by atoms with Gasteiger partial charge in [0.25, 0.3) is 0 Å². The second-order valence-corrected chi connectivity index (χ2v) is 15.1. The SMILES string of the molecule is CCCCCCCCCC(=O)O[C@@H]1[C@@H](C)[C@@]2(O)[C@@H](C=C(COC(C)=O)C[C@]3(O)C(=O)C(C)=C[C@@H]23)[C@@H]2C(C)(C)[C@]12OC(=O)C(C)CC. The lowest BCUT2D eigenvalue weighted by atomic mass is 9.59. The summed E-state index contributed by atoms with van der Waals surface area (Å²) in [6, 6.07) is 0. The van der Waals surface area contributed by atoms with Crippen LogP contribution >= 0.6 is 0 Å². The second kappa shape index (κ2) is 13.5. The van der Waals surface area contributed by atoms with Crippen LogP contribution in [0.4, 0.5) is 0 Å². The Kier molecular flexibility index (Phi) is 10.7. The molecule has 0 saturated heterocycles. The van der Waals surface area contributed by atoms with Crippen molar-refractivity contribution in [1.29, 1.82) is 0 Å². The summed E-state index contributed by atoms with van der Waals surface area (Å²) in [7, 11) is 0. The minimum Gasteiger partial charge on any atom is -0.461 e. The molecule has 4 rings (SSSR count). The maximum Gasteiger partial charge on any atom is 0.309 e. The van der Waals surface area contributed by atoms with E-state index in [4.69, 9.17) is 14.2 Å². The molecule has 9 atom stereocenters. The van der Waals surface area contributed by atoms with E-state index in [0.29, 0.717) is 24.0 Å². The van der Waals surface area contributed by atoms with E-state index >= 15 is 0 Å². The smallest absolute Gasteiger partial charge is 0.309 e. The van der Waals surface area contributed by atoms with Crippen molar-refractivity contribution < 1.29 is 43.6 Å². The van der Waals surface area contributed by atoms with Gasteiger partial charge in [-0.15, -0.1) is 0 Å². The quantitative estimate of drug-likeness (QED) is 0.104. The number of rotatable bonds is 14. The standard InChI is InChI=1S/C37H56O9/c1-9-11-12-13-14-15-16-17-29(39)45-32-24(5)36(43)27(30-34(7,8)37(30,32)46-33(41)22(3)10-2)19-26(21-44-25(6)38)20-35(42)28(36)18-23(4)31(35)40/h18-19,22,24,27-28,30,32,42-43H,9-17,20-21H2,1-8H3/t22?,24-,27+,28-,30-,32-,35-,36-,37-/m1/s1. The molecule has 0 heterocycles. The Bertz CT molecular complexity index is 1270. The van der Waals surface area contributed by atoms with Gasteiger partial charge in [-0.25, -0.2) is 0 Å². The molecule has 4 aliphatic carbocycles. The molecule has 9 heteroatoms. The summed E-state index contributed by atoms with van der Waals surface area (Å²) in [5, 5.41) is 25.1. The van der Waals surface area contributed by atoms with Crippen LogP contribution in [-0.4, -0.2) is 63.4 Å². The molecule has 0 spiro atoms. The van der Waals surface area contributed by atoms with Gasteiger partial charge < -0.3 is 24.4 Å². The number of hydrogen-bond donors (Lipinski definition) is 2. The lowest BCUT2D eigenvalue weighted by Crippen LogP contribution is -2.66. The number of esters is 3. The van der Waals surface area contributed by atoms with Gasteiger partial charge in [0.15, 0.2) is 11.4 Å². The van der Waals surface area contributed by atoms with E-state index in [1.807, 2.05) is 26.8 Å². The molecule has 0 bridgehead atoms. The Balaban J connectivity index is 1.75. The molecular weight excluding hydrogens is 588 g/mol. The zero-order valence-electron chi connectivity index (χ0n) is 29.1. The molecule has 0 amide bonds. The minimum atomic E-state index is -1.98. The summed E-state index contributed by atoms with van der Waals surface area (Å²) in [4.78, 5) is 52.3. The first-order chi connectivity index (χ1) is 21.5. The summed E-state index contributed by atoms with van der Waals surface area (Å²) in [6.07, 6.45) is 10.4. The molecule has 1 unspecified atom stereocenters. The summed E-state index contributed by atoms with van der Waals surface area (Å²) < 4.78 is 18.1. The Morgan fingerprint density at radius 3 is 2.26 bits per heavy atom. The molecule has 0 aliphatic heterocycles. The van der Waals surface area contributed by atoms with Gasteiger partial charge in [0.2, 0.25) is 0 Å². The minimum absolute atomic E-state index is 0.126. The third-order valence-electron chi connectivity index (χ3n) is 11.7. The summed E-state index contributed by atoms with van der Waals surface area (Å²) in [5.74, 6) is -5.29. The topological polar surface area (TPSA) is 136 Å². The van der Waals surface area contributed by atoms with Crippen molar-refractivity contribution in [2.24, 2.45) is 35.0 Å². The van der Waals surface area contributed by atoms with Gasteiger partial charge in [0.1, 0.15) is 18.3 Å². The molecule has 2 N–H and O–H groups in total. The molecular formula is C37H56O9. The third-order valence-corrected chi connectivity index (χ3v) is 11.7. The van der Waals surface area contributed by atoms with Crippen molar-refractivity contribution in [3.63, 3.8) is 0 Å². The first kappa shape index (κ1) is 36.3. The normalized spacial score (nSPS) is 36.2. The number of Topliss-reactive ketones (excluding diaryl/α,β-unsaturated/α-hetero) is 1. The van der Waals surface area contributed by atoms with Crippen molar-refractivity contribution in [1.82, 2.24) is 0 Å². The van der Waals surface area contributed by atoms with Crippen LogP contribution in [0.25, 0.3) is 0 Å². The summed E-state index contributed by atoms with van der Waals surface area (Å²) in [5.41, 5.74) is -4.88. The van der Waals surface area contributed by atoms with Crippen LogP contribution in [-0.2, 0) is 33.4 Å². The molecule has 2 saturated carbocycles. The highest BCUT2D eigenvalue weighted by atomic mass is 16.6. The van der Waals surface area contributed by atoms with E-state index in [9.17, 15) is 29.4 Å². The second-order valence-electron chi connectivity index (χ2n) is 15.1. The molecule has 258 valence electrons. The fraction of sp³-hybridized carbons (Fsp3) is 0.784. The molecule has 46 heavy (non-hydrogen) atoms. The van der Waals surface area contributed by atoms with Crippen molar-refractivity contribution in [2.45, 2.75) is 143 Å². The average Bonchev–Trinajstić information content (AvgIpc) is 3.42. The molecule has 0 aromatic carbocycles. The Labute approximate surface area is 274 Å². The van der Waals surface area contributed by atoms with E-state index in [-0.39, 0.29) is 25.4 Å². The zero-order chi connectivity index (χ0) is 34.2. The fourth-order valence-corrected chi connectivity index (χ4v) is 8.87. The molecule has 4 aliphatic rings. The van der Waals surface area contributed by atoms with Gasteiger partial charge in [-0.1, -0.05) is 92.2 Å². The summed E-state index contributed by atoms with van der Waals surface area (Å²) in [6.45, 7) is 14.3. The van der Waals surface area contributed by atoms with E-state index in [2.05, 4.69) is 6.92 Å². The van der Waals surface area contributed by atoms with E-state index in [0.717, 1.165) is 19.3 Å². The number of hydrogen-bond acceptors (Lipinski definition) is 9. The van der Waals surface area contributed by atoms with E-state index in [1.54, 1.807) is 26.8 Å². The lowest BCUT2D eigenvalue weighted by Gasteiger charge is -2.53. The van der Waals surface area contributed by atoms with Crippen LogP contribution in [0.2, 0.25) is 0 Å². The van der Waals surface area contributed by atoms with E-state index in [1.165, 1.54) is 26.2 Å². The zero-order valence-corrected chi connectivity index (χ0v) is 29.1. The van der Waals surface area contributed by atoms with Gasteiger partial charge in [-0.05, 0) is 30.9 Å². The van der Waals surface area contributed by atoms with Gasteiger partial charge >= 0.3 is 17.9 Å². The van der Waals surface area contributed by atoms with Gasteiger partial charge in [-0.3, -0.25) is 19.2 Å². The predicted octanol–water partition coefficient (Wildman–Crippen LogP) is 5.79. The van der Waals surface area contributed by atoms with Crippen LogP contribution in [0.1, 0.15) is 120 Å². The first-order valence-electron chi connectivity index (χ1n) is 17.5. The maximum absolute atomic E-state index is 13.5. The highest BCUT2D eigenvalue weighted by Gasteiger charge is 2.88. The van der Waals surface area contributed by atoms with Gasteiger partial charge in [-0.2, -0.15) is 0 Å². The maximum atomic E-state index is 13.5. The number of unbranched alkanes of at least 4 members (excludes halogenated alkanes) is 6. The monoisotopic (exact) mass is 644 g/mol. The number of carbonyl (C=O) groups excluding carboxylic acids is 4. The Morgan fingerprint density at radius 2 is 1.65 bits per heavy atom. The average molecular weight is 645 g/mol. The van der Waals surface area contributed by atoms with Crippen LogP contribution in [0.3, 0.4) is 0 Å². The molecule has 0 aromatic heterocycles. The number of ketones is 1. The van der Waals surface area contributed by atoms with E-state index < -0.39 is 75.7 Å². The van der Waals surface area contributed by atoms with Gasteiger partial charge in [0, 0.05) is 48.9 Å². The number of ether oxygens (including phenoxy) is 3. The number of fused-ring (bicyclic) bond motifs is 5. The lowest BCUT2D eigenvalue weighted by molar-refractivity contribution is -0.230. The largest absolute Gasteiger partial charge is 0.461 e.